The fourth-order valence-electron chi connectivity index (χ4n) is 1.54. The van der Waals surface area contributed by atoms with Crippen molar-refractivity contribution in [2.24, 2.45) is 7.05 Å². The van der Waals surface area contributed by atoms with Gasteiger partial charge in [-0.15, -0.1) is 11.3 Å². The molecule has 0 radical (unpaired) electrons. The molecule has 0 aliphatic carbocycles. The highest BCUT2D eigenvalue weighted by Crippen LogP contribution is 2.24. The van der Waals surface area contributed by atoms with Gasteiger partial charge in [0.05, 0.1) is 7.11 Å². The lowest BCUT2D eigenvalue weighted by molar-refractivity contribution is -0.724. The number of hydrogen-bond donors (Lipinski definition) is 1. The van der Waals surface area contributed by atoms with Crippen LogP contribution in [0, 0.1) is 0 Å². The summed E-state index contributed by atoms with van der Waals surface area (Å²) in [6.45, 7) is 0. The summed E-state index contributed by atoms with van der Waals surface area (Å²) in [5.41, 5.74) is -0.199. The summed E-state index contributed by atoms with van der Waals surface area (Å²) in [6, 6.07) is 2.81. The molecule has 0 bridgehead atoms. The molecule has 2 rings (SSSR count). The van der Waals surface area contributed by atoms with Gasteiger partial charge in [0.1, 0.15) is 10.7 Å². The number of nitrogens with one attached hydrogen (secondary N) is 1. The number of hydrogen-bond acceptors (Lipinski definition) is 7. The molecule has 19 heavy (non-hydrogen) atoms. The number of carbonyl (C=O) groups excluding carboxylic acids is 1. The molecule has 1 N–H and O–H groups in total. The largest absolute Gasteiger partial charge is 0.844 e. The van der Waals surface area contributed by atoms with Crippen LogP contribution in [-0.4, -0.2) is 22.9 Å². The van der Waals surface area contributed by atoms with Crippen LogP contribution in [0.5, 0.6) is 0 Å². The Bertz CT molecular complexity index is 590. The Morgan fingerprint density at radius 3 is 2.84 bits per heavy atom. The van der Waals surface area contributed by atoms with Gasteiger partial charge in [-0.2, -0.15) is 5.10 Å². The minimum atomic E-state index is -2.90. The van der Waals surface area contributed by atoms with Crippen LogP contribution in [0.25, 0.3) is 0 Å². The van der Waals surface area contributed by atoms with Crippen molar-refractivity contribution in [2.75, 3.05) is 12.4 Å². The Labute approximate surface area is 113 Å². The van der Waals surface area contributed by atoms with E-state index >= 15 is 0 Å². The van der Waals surface area contributed by atoms with Crippen molar-refractivity contribution in [2.45, 2.75) is 5.91 Å². The second-order valence-corrected chi connectivity index (χ2v) is 4.69. The highest BCUT2D eigenvalue weighted by molar-refractivity contribution is 7.12. The first-order chi connectivity index (χ1) is 8.94. The zero-order valence-electron chi connectivity index (χ0n) is 10.2. The first-order valence-electron chi connectivity index (χ1n) is 5.29. The quantitative estimate of drug-likeness (QED) is 0.582. The maximum absolute atomic E-state index is 12.1. The zero-order chi connectivity index (χ0) is 14.0. The van der Waals surface area contributed by atoms with Crippen LogP contribution in [0.15, 0.2) is 23.7 Å². The molecule has 0 aliphatic heterocycles. The summed E-state index contributed by atoms with van der Waals surface area (Å²) < 4.78 is 5.98. The maximum atomic E-state index is 12.1. The van der Waals surface area contributed by atoms with Crippen LogP contribution in [0.4, 0.5) is 5.82 Å². The first-order valence-corrected chi connectivity index (χ1v) is 6.17. The number of esters is 1. The number of carbonyl (C=O) groups is 1. The van der Waals surface area contributed by atoms with Crippen LogP contribution in [0.3, 0.4) is 0 Å². The third-order valence-electron chi connectivity index (χ3n) is 2.40. The van der Waals surface area contributed by atoms with E-state index in [0.29, 0.717) is 0 Å². The summed E-state index contributed by atoms with van der Waals surface area (Å²) in [5, 5.41) is 31.7. The molecule has 8 heteroatoms. The molecule has 0 fully saturated rings. The fraction of sp³-hybridized carbons (Fsp3) is 0.273. The van der Waals surface area contributed by atoms with Gasteiger partial charge >= 0.3 is 5.97 Å². The van der Waals surface area contributed by atoms with Gasteiger partial charge in [-0.25, -0.2) is 4.79 Å². The van der Waals surface area contributed by atoms with Gasteiger partial charge in [0.15, 0.2) is 0 Å². The van der Waals surface area contributed by atoms with E-state index in [4.69, 9.17) is 0 Å². The van der Waals surface area contributed by atoms with Gasteiger partial charge in [-0.05, 0) is 17.0 Å². The number of anilines is 1. The van der Waals surface area contributed by atoms with Gasteiger partial charge < -0.3 is 20.3 Å². The van der Waals surface area contributed by atoms with E-state index in [1.807, 2.05) is 0 Å². The van der Waals surface area contributed by atoms with Gasteiger partial charge in [-0.1, -0.05) is 5.91 Å². The predicted molar refractivity (Wildman–Crippen MR) is 64.2 cm³/mol. The Balaban J connectivity index is 2.29. The van der Waals surface area contributed by atoms with Crippen molar-refractivity contribution in [3.05, 3.63) is 34.2 Å². The monoisotopic (exact) mass is 281 g/mol. The van der Waals surface area contributed by atoms with Gasteiger partial charge in [0.2, 0.25) is 0 Å². The minimum Gasteiger partial charge on any atom is -0.844 e. The topological polar surface area (TPSA) is 102 Å². The number of rotatable bonds is 4. The Morgan fingerprint density at radius 2 is 2.26 bits per heavy atom. The minimum absolute atomic E-state index is 0.00377. The summed E-state index contributed by atoms with van der Waals surface area (Å²) >= 11 is 0.985. The van der Waals surface area contributed by atoms with Crippen molar-refractivity contribution < 1.29 is 19.7 Å². The van der Waals surface area contributed by atoms with Crippen LogP contribution < -0.4 is 15.5 Å². The number of ether oxygens (including phenoxy) is 1. The SMILES string of the molecule is COC(=O)c1sccc1C([O-])([O-])Nc1ccn(C)n1. The van der Waals surface area contributed by atoms with E-state index in [2.05, 4.69) is 15.2 Å². The highest BCUT2D eigenvalue weighted by Gasteiger charge is 2.18. The van der Waals surface area contributed by atoms with Crippen molar-refractivity contribution in [1.29, 1.82) is 0 Å². The molecule has 102 valence electrons. The molecular weight excluding hydrogens is 270 g/mol. The van der Waals surface area contributed by atoms with E-state index in [9.17, 15) is 15.0 Å². The molecule has 0 aliphatic rings. The van der Waals surface area contributed by atoms with E-state index in [0.717, 1.165) is 11.3 Å². The molecule has 0 amide bonds. The zero-order valence-corrected chi connectivity index (χ0v) is 11.1. The number of aromatic nitrogens is 2. The molecular formula is C11H11N3O4S-2. The predicted octanol–water partition coefficient (Wildman–Crippen LogP) is -0.789. The third kappa shape index (κ3) is 2.75. The molecule has 0 saturated heterocycles. The number of thiophene rings is 1. The summed E-state index contributed by atoms with van der Waals surface area (Å²) in [6.07, 6.45) is 1.59. The lowest BCUT2D eigenvalue weighted by Gasteiger charge is -2.49. The summed E-state index contributed by atoms with van der Waals surface area (Å²) in [4.78, 5) is 11.5. The van der Waals surface area contributed by atoms with Crippen LogP contribution in [0.2, 0.25) is 0 Å². The van der Waals surface area contributed by atoms with E-state index < -0.39 is 11.9 Å². The van der Waals surface area contributed by atoms with Crippen molar-refractivity contribution in [1.82, 2.24) is 9.78 Å². The van der Waals surface area contributed by atoms with Crippen molar-refractivity contribution >= 4 is 23.1 Å². The molecule has 0 aromatic carbocycles. The van der Waals surface area contributed by atoms with Crippen molar-refractivity contribution in [3.8, 4) is 0 Å². The number of aryl methyl sites for hydroxylation is 1. The molecule has 0 saturated carbocycles. The second-order valence-electron chi connectivity index (χ2n) is 3.77. The Hall–Kier alpha value is -1.90. The van der Waals surface area contributed by atoms with E-state index in [-0.39, 0.29) is 16.3 Å². The average molecular weight is 281 g/mol. The summed E-state index contributed by atoms with van der Waals surface area (Å²) in [5.74, 6) is -3.46. The van der Waals surface area contributed by atoms with Gasteiger partial charge in [0, 0.05) is 19.3 Å². The Kier molecular flexibility index (Phi) is 3.56. The number of nitrogens with zero attached hydrogens (tertiary/aromatic N) is 2. The van der Waals surface area contributed by atoms with E-state index in [1.165, 1.54) is 29.3 Å². The molecule has 2 aromatic rings. The van der Waals surface area contributed by atoms with E-state index in [1.54, 1.807) is 13.2 Å². The molecule has 0 unspecified atom stereocenters. The molecule has 7 nitrogen and oxygen atoms in total. The lowest BCUT2D eigenvalue weighted by atomic mass is 10.2. The standard InChI is InChI=1S/C11H11N3O4S/c1-14-5-3-8(13-14)12-11(16,17)7-4-6-19-9(7)10(15)18-2/h3-6H,1-2H3,(H,12,13)/q-2. The molecule has 0 atom stereocenters. The number of methoxy groups -OCH3 is 1. The third-order valence-corrected chi connectivity index (χ3v) is 3.29. The first kappa shape index (κ1) is 13.5. The average Bonchev–Trinajstić information content (AvgIpc) is 2.97. The van der Waals surface area contributed by atoms with Crippen LogP contribution >= 0.6 is 11.3 Å². The molecule has 2 aromatic heterocycles. The highest BCUT2D eigenvalue weighted by atomic mass is 32.1. The molecule has 2 heterocycles. The molecule has 0 spiro atoms. The van der Waals surface area contributed by atoms with Gasteiger partial charge in [-0.3, -0.25) is 4.68 Å². The Morgan fingerprint density at radius 1 is 1.53 bits per heavy atom. The normalized spacial score (nSPS) is 11.4. The second kappa shape index (κ2) is 5.00. The maximum Gasteiger partial charge on any atom is 0.348 e. The van der Waals surface area contributed by atoms with Crippen LogP contribution in [0.1, 0.15) is 15.2 Å². The smallest absolute Gasteiger partial charge is 0.348 e. The lowest BCUT2D eigenvalue weighted by Crippen LogP contribution is -2.59. The fourth-order valence-corrected chi connectivity index (χ4v) is 2.39. The van der Waals surface area contributed by atoms with Crippen molar-refractivity contribution in [3.63, 3.8) is 0 Å². The summed E-state index contributed by atoms with van der Waals surface area (Å²) in [7, 11) is 2.85. The van der Waals surface area contributed by atoms with Gasteiger partial charge in [0.25, 0.3) is 0 Å². The van der Waals surface area contributed by atoms with Crippen LogP contribution in [-0.2, 0) is 17.7 Å².